The van der Waals surface area contributed by atoms with Crippen molar-refractivity contribution < 1.29 is 23.0 Å². The molecule has 3 aromatic rings. The number of esters is 1. The van der Waals surface area contributed by atoms with Gasteiger partial charge in [0.25, 0.3) is 5.56 Å². The molecule has 0 unspecified atom stereocenters. The lowest BCUT2D eigenvalue weighted by Gasteiger charge is -2.12. The van der Waals surface area contributed by atoms with Crippen molar-refractivity contribution in [3.8, 4) is 11.4 Å². The average molecular weight is 426 g/mol. The first kappa shape index (κ1) is 18.9. The molecule has 0 atom stereocenters. The van der Waals surface area contributed by atoms with E-state index >= 15 is 0 Å². The molecule has 0 bridgehead atoms. The summed E-state index contributed by atoms with van der Waals surface area (Å²) in [5, 5.41) is 0.0673. The highest BCUT2D eigenvalue weighted by Gasteiger charge is 2.29. The molecule has 5 nitrogen and oxygen atoms in total. The van der Waals surface area contributed by atoms with Crippen LogP contribution in [0.15, 0.2) is 35.1 Å². The molecule has 0 N–H and O–H groups in total. The molecule has 1 aliphatic carbocycles. The summed E-state index contributed by atoms with van der Waals surface area (Å²) in [6, 6.07) is 7.51. The average Bonchev–Trinajstić information content (AvgIpc) is 3.42. The number of aromatic nitrogens is 1. The maximum absolute atomic E-state index is 13.1. The summed E-state index contributed by atoms with van der Waals surface area (Å²) in [5.74, 6) is -0.431. The molecule has 0 aliphatic heterocycles. The standard InChI is InChI=1S/C19H14ClF2NO4S/c1-26-18(25)14-15(20)16-12(8-13(28-16)9-2-3-9)23(17(14)24)10-4-6-11(7-5-10)27-19(21)22/h4-9,19H,2-3H2,1H3. The maximum Gasteiger partial charge on any atom is 0.387 e. The van der Waals surface area contributed by atoms with Crippen LogP contribution in [0.2, 0.25) is 5.02 Å². The SMILES string of the molecule is COC(=O)c1c(Cl)c2sc(C3CC3)cc2n(-c2ccc(OC(F)F)cc2)c1=O. The molecule has 146 valence electrons. The number of carbonyl (C=O) groups is 1. The van der Waals surface area contributed by atoms with Crippen LogP contribution in [-0.4, -0.2) is 24.3 Å². The summed E-state index contributed by atoms with van der Waals surface area (Å²) in [7, 11) is 1.17. The number of hydrogen-bond acceptors (Lipinski definition) is 5. The van der Waals surface area contributed by atoms with Crippen molar-refractivity contribution in [2.45, 2.75) is 25.4 Å². The Bertz CT molecular complexity index is 1120. The molecule has 28 heavy (non-hydrogen) atoms. The van der Waals surface area contributed by atoms with Crippen LogP contribution in [-0.2, 0) is 4.74 Å². The first-order valence-corrected chi connectivity index (χ1v) is 9.61. The predicted octanol–water partition coefficient (Wildman–Crippen LogP) is 4.97. The third-order valence-electron chi connectivity index (χ3n) is 4.50. The first-order chi connectivity index (χ1) is 13.4. The van der Waals surface area contributed by atoms with Gasteiger partial charge in [0, 0.05) is 10.6 Å². The highest BCUT2D eigenvalue weighted by atomic mass is 35.5. The number of pyridine rings is 1. The second kappa shape index (κ2) is 7.18. The Balaban J connectivity index is 1.95. The van der Waals surface area contributed by atoms with Crippen LogP contribution in [0.25, 0.3) is 15.9 Å². The van der Waals surface area contributed by atoms with E-state index in [1.54, 1.807) is 0 Å². The van der Waals surface area contributed by atoms with Crippen LogP contribution in [0.3, 0.4) is 0 Å². The Hall–Kier alpha value is -2.45. The summed E-state index contributed by atoms with van der Waals surface area (Å²) in [6.45, 7) is -2.94. The van der Waals surface area contributed by atoms with Gasteiger partial charge in [0.15, 0.2) is 0 Å². The minimum absolute atomic E-state index is 0.0332. The van der Waals surface area contributed by atoms with E-state index in [0.717, 1.165) is 17.7 Å². The fourth-order valence-corrected chi connectivity index (χ4v) is 4.66. The summed E-state index contributed by atoms with van der Waals surface area (Å²) >= 11 is 7.84. The van der Waals surface area contributed by atoms with E-state index < -0.39 is 18.1 Å². The lowest BCUT2D eigenvalue weighted by molar-refractivity contribution is -0.0498. The Morgan fingerprint density at radius 2 is 1.96 bits per heavy atom. The van der Waals surface area contributed by atoms with E-state index in [0.29, 0.717) is 21.8 Å². The molecular weight excluding hydrogens is 412 g/mol. The number of hydrogen-bond donors (Lipinski definition) is 0. The normalized spacial score (nSPS) is 13.9. The number of nitrogens with zero attached hydrogens (tertiary/aromatic N) is 1. The number of alkyl halides is 2. The monoisotopic (exact) mass is 425 g/mol. The van der Waals surface area contributed by atoms with E-state index in [1.807, 2.05) is 6.07 Å². The number of fused-ring (bicyclic) bond motifs is 1. The first-order valence-electron chi connectivity index (χ1n) is 8.42. The van der Waals surface area contributed by atoms with Crippen molar-refractivity contribution >= 4 is 39.1 Å². The molecule has 0 amide bonds. The van der Waals surface area contributed by atoms with Crippen LogP contribution >= 0.6 is 22.9 Å². The van der Waals surface area contributed by atoms with Crippen molar-refractivity contribution in [3.63, 3.8) is 0 Å². The molecule has 2 heterocycles. The predicted molar refractivity (Wildman–Crippen MR) is 102 cm³/mol. The van der Waals surface area contributed by atoms with E-state index in [-0.39, 0.29) is 16.3 Å². The van der Waals surface area contributed by atoms with E-state index in [9.17, 15) is 18.4 Å². The Morgan fingerprint density at radius 3 is 2.54 bits per heavy atom. The van der Waals surface area contributed by atoms with E-state index in [2.05, 4.69) is 4.74 Å². The van der Waals surface area contributed by atoms with Gasteiger partial charge < -0.3 is 9.47 Å². The quantitative estimate of drug-likeness (QED) is 0.541. The van der Waals surface area contributed by atoms with Crippen molar-refractivity contribution in [2.75, 3.05) is 7.11 Å². The van der Waals surface area contributed by atoms with Gasteiger partial charge in [-0.25, -0.2) is 4.79 Å². The fraction of sp³-hybridized carbons (Fsp3) is 0.263. The zero-order chi connectivity index (χ0) is 20.0. The molecule has 1 fully saturated rings. The number of thiophene rings is 1. The number of benzene rings is 1. The van der Waals surface area contributed by atoms with Crippen LogP contribution in [0.5, 0.6) is 5.75 Å². The largest absolute Gasteiger partial charge is 0.465 e. The van der Waals surface area contributed by atoms with Crippen molar-refractivity contribution in [2.24, 2.45) is 0 Å². The smallest absolute Gasteiger partial charge is 0.387 e. The van der Waals surface area contributed by atoms with Gasteiger partial charge in [-0.1, -0.05) is 11.6 Å². The molecule has 1 aromatic carbocycles. The van der Waals surface area contributed by atoms with Gasteiger partial charge in [0.05, 0.1) is 22.3 Å². The lowest BCUT2D eigenvalue weighted by Crippen LogP contribution is -2.26. The van der Waals surface area contributed by atoms with Crippen LogP contribution in [0.4, 0.5) is 8.78 Å². The van der Waals surface area contributed by atoms with Crippen LogP contribution < -0.4 is 10.3 Å². The minimum Gasteiger partial charge on any atom is -0.465 e. The zero-order valence-electron chi connectivity index (χ0n) is 14.6. The van der Waals surface area contributed by atoms with Crippen molar-refractivity contribution in [1.29, 1.82) is 0 Å². The number of carbonyl (C=O) groups excluding carboxylic acids is 1. The summed E-state index contributed by atoms with van der Waals surface area (Å²) in [4.78, 5) is 26.4. The van der Waals surface area contributed by atoms with Crippen LogP contribution in [0.1, 0.15) is 34.0 Å². The Kier molecular flexibility index (Phi) is 4.84. The molecule has 1 saturated carbocycles. The van der Waals surface area contributed by atoms with Crippen molar-refractivity contribution in [3.05, 3.63) is 56.1 Å². The van der Waals surface area contributed by atoms with Gasteiger partial charge in [-0.3, -0.25) is 9.36 Å². The fourth-order valence-electron chi connectivity index (χ4n) is 3.03. The van der Waals surface area contributed by atoms with Gasteiger partial charge in [-0.15, -0.1) is 11.3 Å². The third kappa shape index (κ3) is 3.27. The van der Waals surface area contributed by atoms with Gasteiger partial charge >= 0.3 is 12.6 Å². The molecule has 0 spiro atoms. The summed E-state index contributed by atoms with van der Waals surface area (Å²) in [6.07, 6.45) is 2.14. The number of ether oxygens (including phenoxy) is 2. The number of rotatable bonds is 5. The van der Waals surface area contributed by atoms with Gasteiger partial charge in [0.2, 0.25) is 0 Å². The second-order valence-corrected chi connectivity index (χ2v) is 7.79. The molecule has 0 saturated heterocycles. The lowest BCUT2D eigenvalue weighted by atomic mass is 10.2. The highest BCUT2D eigenvalue weighted by Crippen LogP contribution is 2.46. The van der Waals surface area contributed by atoms with Gasteiger partial charge in [0.1, 0.15) is 11.3 Å². The molecule has 4 rings (SSSR count). The maximum atomic E-state index is 13.1. The summed E-state index contributed by atoms with van der Waals surface area (Å²) in [5.41, 5.74) is 0.0801. The van der Waals surface area contributed by atoms with E-state index in [1.165, 1.54) is 47.3 Å². The van der Waals surface area contributed by atoms with Crippen molar-refractivity contribution in [1.82, 2.24) is 4.57 Å². The Morgan fingerprint density at radius 1 is 1.29 bits per heavy atom. The molecule has 1 aliphatic rings. The molecule has 0 radical (unpaired) electrons. The molecule has 9 heteroatoms. The molecular formula is C19H14ClF2NO4S. The Labute approximate surface area is 167 Å². The topological polar surface area (TPSA) is 57.5 Å². The number of methoxy groups -OCH3 is 1. The number of halogens is 3. The minimum atomic E-state index is -2.94. The van der Waals surface area contributed by atoms with Crippen LogP contribution in [0, 0.1) is 0 Å². The second-order valence-electron chi connectivity index (χ2n) is 6.33. The molecule has 2 aromatic heterocycles. The third-order valence-corrected chi connectivity index (χ3v) is 6.29. The summed E-state index contributed by atoms with van der Waals surface area (Å²) < 4.78 is 35.8. The highest BCUT2D eigenvalue weighted by molar-refractivity contribution is 7.19. The van der Waals surface area contributed by atoms with Gasteiger partial charge in [-0.2, -0.15) is 8.78 Å². The van der Waals surface area contributed by atoms with Gasteiger partial charge in [-0.05, 0) is 49.1 Å². The zero-order valence-corrected chi connectivity index (χ0v) is 16.2. The van der Waals surface area contributed by atoms with E-state index in [4.69, 9.17) is 16.3 Å².